The summed E-state index contributed by atoms with van der Waals surface area (Å²) in [6, 6.07) is 6.99. The average Bonchev–Trinajstić information content (AvgIpc) is 2.46. The van der Waals surface area contributed by atoms with Crippen LogP contribution in [0.3, 0.4) is 0 Å². The lowest BCUT2D eigenvalue weighted by Crippen LogP contribution is -2.42. The van der Waals surface area contributed by atoms with Crippen molar-refractivity contribution in [1.29, 1.82) is 0 Å². The van der Waals surface area contributed by atoms with Crippen molar-refractivity contribution >= 4 is 5.91 Å². The van der Waals surface area contributed by atoms with Gasteiger partial charge in [0.05, 0.1) is 0 Å². The Labute approximate surface area is 121 Å². The number of nitrogens with one attached hydrogen (secondary N) is 1. The number of nitrogens with zero attached hydrogens (tertiary/aromatic N) is 1. The van der Waals surface area contributed by atoms with E-state index in [1.807, 2.05) is 6.07 Å². The zero-order valence-electron chi connectivity index (χ0n) is 12.8. The molecule has 0 atom stereocenters. The number of likely N-dealkylation sites (N-methyl/N-ethyl adjacent to an activating group) is 1. The molecule has 0 heterocycles. The van der Waals surface area contributed by atoms with Crippen molar-refractivity contribution in [2.24, 2.45) is 5.84 Å². The van der Waals surface area contributed by atoms with Gasteiger partial charge in [-0.2, -0.15) is 0 Å². The van der Waals surface area contributed by atoms with Crippen molar-refractivity contribution in [3.05, 3.63) is 29.8 Å². The van der Waals surface area contributed by atoms with Crippen molar-refractivity contribution in [2.45, 2.75) is 32.7 Å². The zero-order valence-corrected chi connectivity index (χ0v) is 12.8. The topological polar surface area (TPSA) is 67.6 Å². The van der Waals surface area contributed by atoms with Crippen LogP contribution >= 0.6 is 0 Å². The molecular formula is C15H25N3O2. The summed E-state index contributed by atoms with van der Waals surface area (Å²) >= 11 is 0. The van der Waals surface area contributed by atoms with Crippen LogP contribution < -0.4 is 16.0 Å². The minimum absolute atomic E-state index is 0.157. The molecule has 0 saturated carbocycles. The lowest BCUT2D eigenvalue weighted by molar-refractivity contribution is 0.0953. The van der Waals surface area contributed by atoms with Gasteiger partial charge in [0, 0.05) is 17.6 Å². The lowest BCUT2D eigenvalue weighted by atomic mass is 10.0. The standard InChI is InChI=1S/C15H25N3O2/c1-5-15(2,3)18(4)9-10-20-13-8-6-7-12(11-13)14(19)17-16/h6-8,11H,5,9-10,16H2,1-4H3,(H,17,19). The molecule has 1 rings (SSSR count). The van der Waals surface area contributed by atoms with Crippen LogP contribution in [0.25, 0.3) is 0 Å². The Morgan fingerprint density at radius 1 is 1.45 bits per heavy atom. The Morgan fingerprint density at radius 2 is 2.15 bits per heavy atom. The highest BCUT2D eigenvalue weighted by molar-refractivity contribution is 5.94. The van der Waals surface area contributed by atoms with Crippen LogP contribution in [0.2, 0.25) is 0 Å². The molecule has 5 heteroatoms. The monoisotopic (exact) mass is 279 g/mol. The van der Waals surface area contributed by atoms with E-state index >= 15 is 0 Å². The van der Waals surface area contributed by atoms with Gasteiger partial charge in [0.25, 0.3) is 5.91 Å². The highest BCUT2D eigenvalue weighted by atomic mass is 16.5. The quantitative estimate of drug-likeness (QED) is 0.453. The van der Waals surface area contributed by atoms with E-state index in [-0.39, 0.29) is 11.4 Å². The third-order valence-corrected chi connectivity index (χ3v) is 3.82. The molecule has 0 saturated heterocycles. The Balaban J connectivity index is 2.52. The Bertz CT molecular complexity index is 446. The number of hydrazine groups is 1. The molecular weight excluding hydrogens is 254 g/mol. The Hall–Kier alpha value is -1.59. The van der Waals surface area contributed by atoms with Gasteiger partial charge in [0.15, 0.2) is 0 Å². The number of carbonyl (C=O) groups excluding carboxylic acids is 1. The van der Waals surface area contributed by atoms with E-state index in [1.165, 1.54) is 0 Å². The van der Waals surface area contributed by atoms with E-state index < -0.39 is 0 Å². The van der Waals surface area contributed by atoms with Crippen molar-refractivity contribution < 1.29 is 9.53 Å². The predicted octanol–water partition coefficient (Wildman–Crippen LogP) is 1.79. The Morgan fingerprint density at radius 3 is 2.75 bits per heavy atom. The third kappa shape index (κ3) is 4.51. The molecule has 0 unspecified atom stereocenters. The summed E-state index contributed by atoms with van der Waals surface area (Å²) in [4.78, 5) is 13.7. The number of carbonyl (C=O) groups is 1. The van der Waals surface area contributed by atoms with E-state index in [0.717, 1.165) is 13.0 Å². The molecule has 0 fully saturated rings. The molecule has 112 valence electrons. The molecule has 3 N–H and O–H groups in total. The van der Waals surface area contributed by atoms with Gasteiger partial charge in [0.1, 0.15) is 12.4 Å². The van der Waals surface area contributed by atoms with Crippen LogP contribution in [0, 0.1) is 0 Å². The highest BCUT2D eigenvalue weighted by Crippen LogP contribution is 2.17. The van der Waals surface area contributed by atoms with Gasteiger partial charge >= 0.3 is 0 Å². The largest absolute Gasteiger partial charge is 0.492 e. The molecule has 0 bridgehead atoms. The average molecular weight is 279 g/mol. The van der Waals surface area contributed by atoms with Crippen LogP contribution in [-0.4, -0.2) is 36.5 Å². The molecule has 0 spiro atoms. The van der Waals surface area contributed by atoms with Crippen molar-refractivity contribution in [3.8, 4) is 5.75 Å². The van der Waals surface area contributed by atoms with Gasteiger partial charge in [-0.05, 0) is 45.5 Å². The highest BCUT2D eigenvalue weighted by Gasteiger charge is 2.20. The maximum absolute atomic E-state index is 11.4. The summed E-state index contributed by atoms with van der Waals surface area (Å²) in [5.74, 6) is 5.47. The van der Waals surface area contributed by atoms with E-state index in [1.54, 1.807) is 18.2 Å². The molecule has 0 aromatic heterocycles. The number of nitrogen functional groups attached to an aromatic ring is 1. The molecule has 0 radical (unpaired) electrons. The number of benzene rings is 1. The van der Waals surface area contributed by atoms with Crippen LogP contribution in [0.15, 0.2) is 24.3 Å². The summed E-state index contributed by atoms with van der Waals surface area (Å²) in [6.45, 7) is 7.99. The van der Waals surface area contributed by atoms with Crippen molar-refractivity contribution in [3.63, 3.8) is 0 Å². The molecule has 20 heavy (non-hydrogen) atoms. The maximum Gasteiger partial charge on any atom is 0.265 e. The van der Waals surface area contributed by atoms with E-state index in [0.29, 0.717) is 17.9 Å². The van der Waals surface area contributed by atoms with E-state index in [9.17, 15) is 4.79 Å². The van der Waals surface area contributed by atoms with Crippen molar-refractivity contribution in [1.82, 2.24) is 10.3 Å². The molecule has 0 aliphatic heterocycles. The molecule has 1 aromatic carbocycles. The number of hydrogen-bond acceptors (Lipinski definition) is 4. The van der Waals surface area contributed by atoms with E-state index in [4.69, 9.17) is 10.6 Å². The fourth-order valence-electron chi connectivity index (χ4n) is 1.68. The maximum atomic E-state index is 11.4. The number of amides is 1. The molecule has 1 aromatic rings. The van der Waals surface area contributed by atoms with Gasteiger partial charge in [-0.3, -0.25) is 15.1 Å². The molecule has 5 nitrogen and oxygen atoms in total. The molecule has 0 aliphatic rings. The molecule has 0 aliphatic carbocycles. The number of nitrogens with two attached hydrogens (primary N) is 1. The SMILES string of the molecule is CCC(C)(C)N(C)CCOc1cccc(C(=O)NN)c1. The smallest absolute Gasteiger partial charge is 0.265 e. The van der Waals surface area contributed by atoms with Gasteiger partial charge in [-0.1, -0.05) is 13.0 Å². The fraction of sp³-hybridized carbons (Fsp3) is 0.533. The first-order valence-electron chi connectivity index (χ1n) is 6.85. The summed E-state index contributed by atoms with van der Waals surface area (Å²) in [5.41, 5.74) is 2.76. The summed E-state index contributed by atoms with van der Waals surface area (Å²) in [6.07, 6.45) is 1.08. The van der Waals surface area contributed by atoms with Gasteiger partial charge in [0.2, 0.25) is 0 Å². The second-order valence-electron chi connectivity index (χ2n) is 5.44. The van der Waals surface area contributed by atoms with Gasteiger partial charge in [-0.25, -0.2) is 5.84 Å². The van der Waals surface area contributed by atoms with Crippen LogP contribution in [0.4, 0.5) is 0 Å². The predicted molar refractivity (Wildman–Crippen MR) is 80.6 cm³/mol. The van der Waals surface area contributed by atoms with Crippen molar-refractivity contribution in [2.75, 3.05) is 20.2 Å². The van der Waals surface area contributed by atoms with Gasteiger partial charge < -0.3 is 4.74 Å². The normalized spacial score (nSPS) is 11.5. The van der Waals surface area contributed by atoms with Crippen LogP contribution in [0.5, 0.6) is 5.75 Å². The number of rotatable bonds is 7. The van der Waals surface area contributed by atoms with Gasteiger partial charge in [-0.15, -0.1) is 0 Å². The van der Waals surface area contributed by atoms with Crippen LogP contribution in [-0.2, 0) is 0 Å². The fourth-order valence-corrected chi connectivity index (χ4v) is 1.68. The summed E-state index contributed by atoms with van der Waals surface area (Å²) < 4.78 is 5.69. The minimum atomic E-state index is -0.320. The van der Waals surface area contributed by atoms with E-state index in [2.05, 4.69) is 38.1 Å². The summed E-state index contributed by atoms with van der Waals surface area (Å²) in [5, 5.41) is 0. The third-order valence-electron chi connectivity index (χ3n) is 3.82. The lowest BCUT2D eigenvalue weighted by Gasteiger charge is -2.34. The Kier molecular flexibility index (Phi) is 5.98. The number of hydrogen-bond donors (Lipinski definition) is 2. The molecule has 1 amide bonds. The first kappa shape index (κ1) is 16.5. The second kappa shape index (κ2) is 7.26. The van der Waals surface area contributed by atoms with Crippen LogP contribution in [0.1, 0.15) is 37.6 Å². The number of ether oxygens (including phenoxy) is 1. The summed E-state index contributed by atoms with van der Waals surface area (Å²) in [7, 11) is 2.09. The zero-order chi connectivity index (χ0) is 15.2. The first-order valence-corrected chi connectivity index (χ1v) is 6.85. The minimum Gasteiger partial charge on any atom is -0.492 e. The first-order chi connectivity index (χ1) is 9.40. The second-order valence-corrected chi connectivity index (χ2v) is 5.44.